The van der Waals surface area contributed by atoms with Crippen molar-refractivity contribution in [3.05, 3.63) is 24.3 Å². The molecule has 0 radical (unpaired) electrons. The molecule has 0 aromatic heterocycles. The van der Waals surface area contributed by atoms with Crippen LogP contribution in [0.3, 0.4) is 0 Å². The topological polar surface area (TPSA) is 83.6 Å². The Morgan fingerprint density at radius 1 is 1.30 bits per heavy atom. The molecule has 1 aromatic carbocycles. The summed E-state index contributed by atoms with van der Waals surface area (Å²) in [5, 5.41) is 2.74. The standard InChI is InChI=1S/C16H22N2O4S/c1-3-15(19)18-10-5-4-9-14(18)16(20)17-12-7-6-8-13(11-12)23(2,21)22/h6-8,11,14H,3-5,9-10H2,1-2H3,(H,17,20). The van der Waals surface area contributed by atoms with Crippen molar-refractivity contribution >= 4 is 27.3 Å². The number of likely N-dealkylation sites (tertiary alicyclic amines) is 1. The quantitative estimate of drug-likeness (QED) is 0.908. The number of rotatable bonds is 4. The van der Waals surface area contributed by atoms with Crippen LogP contribution < -0.4 is 5.32 Å². The van der Waals surface area contributed by atoms with Crippen LogP contribution in [0.2, 0.25) is 0 Å². The monoisotopic (exact) mass is 338 g/mol. The summed E-state index contributed by atoms with van der Waals surface area (Å²) in [5.41, 5.74) is 0.424. The molecule has 2 amide bonds. The maximum Gasteiger partial charge on any atom is 0.247 e. The van der Waals surface area contributed by atoms with Gasteiger partial charge in [0, 0.05) is 24.9 Å². The predicted octanol–water partition coefficient (Wildman–Crippen LogP) is 1.82. The fraction of sp³-hybridized carbons (Fsp3) is 0.500. The van der Waals surface area contributed by atoms with Crippen LogP contribution in [-0.4, -0.2) is 44.0 Å². The summed E-state index contributed by atoms with van der Waals surface area (Å²) in [6.45, 7) is 2.37. The van der Waals surface area contributed by atoms with Crippen molar-refractivity contribution in [1.82, 2.24) is 4.90 Å². The molecule has 1 atom stereocenters. The summed E-state index contributed by atoms with van der Waals surface area (Å²) in [7, 11) is -3.33. The van der Waals surface area contributed by atoms with E-state index < -0.39 is 15.9 Å². The Hall–Kier alpha value is -1.89. The van der Waals surface area contributed by atoms with E-state index in [0.717, 1.165) is 19.1 Å². The molecule has 0 saturated carbocycles. The summed E-state index contributed by atoms with van der Waals surface area (Å²) >= 11 is 0. The molecule has 2 rings (SSSR count). The third kappa shape index (κ3) is 4.31. The first-order chi connectivity index (χ1) is 10.8. The molecule has 23 heavy (non-hydrogen) atoms. The SMILES string of the molecule is CCC(=O)N1CCCCC1C(=O)Nc1cccc(S(C)(=O)=O)c1. The normalized spacial score (nSPS) is 18.5. The van der Waals surface area contributed by atoms with Gasteiger partial charge in [0.05, 0.1) is 4.90 Å². The molecule has 1 N–H and O–H groups in total. The largest absolute Gasteiger partial charge is 0.331 e. The average molecular weight is 338 g/mol. The maximum absolute atomic E-state index is 12.5. The number of carbonyl (C=O) groups excluding carboxylic acids is 2. The molecule has 1 saturated heterocycles. The minimum atomic E-state index is -3.33. The number of sulfone groups is 1. The zero-order valence-electron chi connectivity index (χ0n) is 13.4. The second-order valence-electron chi connectivity index (χ2n) is 5.74. The van der Waals surface area contributed by atoms with Crippen LogP contribution in [0.4, 0.5) is 5.69 Å². The van der Waals surface area contributed by atoms with Crippen LogP contribution in [0.5, 0.6) is 0 Å². The highest BCUT2D eigenvalue weighted by Crippen LogP contribution is 2.21. The van der Waals surface area contributed by atoms with Crippen molar-refractivity contribution in [3.8, 4) is 0 Å². The van der Waals surface area contributed by atoms with Gasteiger partial charge in [0.15, 0.2) is 9.84 Å². The van der Waals surface area contributed by atoms with Gasteiger partial charge in [-0.1, -0.05) is 13.0 Å². The van der Waals surface area contributed by atoms with E-state index in [9.17, 15) is 18.0 Å². The molecule has 0 aliphatic carbocycles. The predicted molar refractivity (Wildman–Crippen MR) is 87.8 cm³/mol. The number of nitrogens with zero attached hydrogens (tertiary/aromatic N) is 1. The summed E-state index contributed by atoms with van der Waals surface area (Å²) in [4.78, 5) is 26.3. The molecule has 1 heterocycles. The van der Waals surface area contributed by atoms with E-state index in [1.54, 1.807) is 24.0 Å². The number of hydrogen-bond donors (Lipinski definition) is 1. The summed E-state index contributed by atoms with van der Waals surface area (Å²) < 4.78 is 23.2. The Morgan fingerprint density at radius 3 is 2.70 bits per heavy atom. The van der Waals surface area contributed by atoms with Gasteiger partial charge < -0.3 is 10.2 Å². The summed E-state index contributed by atoms with van der Waals surface area (Å²) in [6.07, 6.45) is 3.92. The van der Waals surface area contributed by atoms with Gasteiger partial charge in [-0.15, -0.1) is 0 Å². The van der Waals surface area contributed by atoms with E-state index in [1.807, 2.05) is 0 Å². The summed E-state index contributed by atoms with van der Waals surface area (Å²) in [6, 6.07) is 5.65. The van der Waals surface area contributed by atoms with Crippen molar-refractivity contribution < 1.29 is 18.0 Å². The van der Waals surface area contributed by atoms with Gasteiger partial charge in [0.25, 0.3) is 0 Å². The van der Waals surface area contributed by atoms with E-state index in [1.165, 1.54) is 12.1 Å². The average Bonchev–Trinajstić information content (AvgIpc) is 2.53. The van der Waals surface area contributed by atoms with Crippen LogP contribution in [0.25, 0.3) is 0 Å². The van der Waals surface area contributed by atoms with Crippen molar-refractivity contribution in [2.75, 3.05) is 18.1 Å². The number of hydrogen-bond acceptors (Lipinski definition) is 4. The highest BCUT2D eigenvalue weighted by atomic mass is 32.2. The smallest absolute Gasteiger partial charge is 0.247 e. The molecule has 1 fully saturated rings. The molecular formula is C16H22N2O4S. The van der Waals surface area contributed by atoms with E-state index in [0.29, 0.717) is 25.1 Å². The number of benzene rings is 1. The number of piperidine rings is 1. The first-order valence-corrected chi connectivity index (χ1v) is 9.62. The van der Waals surface area contributed by atoms with Gasteiger partial charge in [0.1, 0.15) is 6.04 Å². The highest BCUT2D eigenvalue weighted by molar-refractivity contribution is 7.90. The van der Waals surface area contributed by atoms with Crippen molar-refractivity contribution in [2.24, 2.45) is 0 Å². The molecule has 126 valence electrons. The third-order valence-corrected chi connectivity index (χ3v) is 5.07. The molecule has 1 unspecified atom stereocenters. The minimum Gasteiger partial charge on any atom is -0.331 e. The van der Waals surface area contributed by atoms with Gasteiger partial charge in [0.2, 0.25) is 11.8 Å². The molecule has 7 heteroatoms. The van der Waals surface area contributed by atoms with Crippen LogP contribution in [0.1, 0.15) is 32.6 Å². The minimum absolute atomic E-state index is 0.0327. The van der Waals surface area contributed by atoms with E-state index in [2.05, 4.69) is 5.32 Å². The van der Waals surface area contributed by atoms with Crippen molar-refractivity contribution in [1.29, 1.82) is 0 Å². The van der Waals surface area contributed by atoms with Gasteiger partial charge in [-0.3, -0.25) is 9.59 Å². The number of carbonyl (C=O) groups is 2. The van der Waals surface area contributed by atoms with Gasteiger partial charge in [-0.25, -0.2) is 8.42 Å². The molecular weight excluding hydrogens is 316 g/mol. The number of nitrogens with one attached hydrogen (secondary N) is 1. The van der Waals surface area contributed by atoms with Crippen LogP contribution >= 0.6 is 0 Å². The Balaban J connectivity index is 2.16. The Morgan fingerprint density at radius 2 is 2.04 bits per heavy atom. The molecule has 1 aliphatic rings. The third-order valence-electron chi connectivity index (χ3n) is 3.96. The molecule has 1 aromatic rings. The first-order valence-electron chi connectivity index (χ1n) is 7.73. The first kappa shape index (κ1) is 17.5. The van der Waals surface area contributed by atoms with Gasteiger partial charge in [-0.05, 0) is 37.5 Å². The van der Waals surface area contributed by atoms with Gasteiger partial charge in [-0.2, -0.15) is 0 Å². The van der Waals surface area contributed by atoms with Crippen LogP contribution in [0, 0.1) is 0 Å². The summed E-state index contributed by atoms with van der Waals surface area (Å²) in [5.74, 6) is -0.299. The van der Waals surface area contributed by atoms with Crippen molar-refractivity contribution in [3.63, 3.8) is 0 Å². The van der Waals surface area contributed by atoms with E-state index >= 15 is 0 Å². The zero-order chi connectivity index (χ0) is 17.0. The molecule has 0 spiro atoms. The number of amides is 2. The lowest BCUT2D eigenvalue weighted by molar-refractivity contribution is -0.140. The lowest BCUT2D eigenvalue weighted by Crippen LogP contribution is -2.49. The lowest BCUT2D eigenvalue weighted by Gasteiger charge is -2.34. The maximum atomic E-state index is 12.5. The highest BCUT2D eigenvalue weighted by Gasteiger charge is 2.31. The molecule has 6 nitrogen and oxygen atoms in total. The molecule has 1 aliphatic heterocycles. The van der Waals surface area contributed by atoms with Crippen molar-refractivity contribution in [2.45, 2.75) is 43.5 Å². The second-order valence-corrected chi connectivity index (χ2v) is 7.76. The fourth-order valence-corrected chi connectivity index (χ4v) is 3.40. The Bertz CT molecular complexity index is 700. The lowest BCUT2D eigenvalue weighted by atomic mass is 10.0. The zero-order valence-corrected chi connectivity index (χ0v) is 14.2. The van der Waals surface area contributed by atoms with E-state index in [-0.39, 0.29) is 16.7 Å². The fourth-order valence-electron chi connectivity index (χ4n) is 2.74. The Labute approximate surface area is 136 Å². The number of anilines is 1. The van der Waals surface area contributed by atoms with Gasteiger partial charge >= 0.3 is 0 Å². The van der Waals surface area contributed by atoms with Crippen LogP contribution in [-0.2, 0) is 19.4 Å². The molecule has 0 bridgehead atoms. The second kappa shape index (κ2) is 7.12. The van der Waals surface area contributed by atoms with Crippen LogP contribution in [0.15, 0.2) is 29.2 Å². The Kier molecular flexibility index (Phi) is 5.41. The van der Waals surface area contributed by atoms with E-state index in [4.69, 9.17) is 0 Å².